The largest absolute Gasteiger partial charge is 2.00 e. The molecule has 0 heterocycles. The fourth-order valence-electron chi connectivity index (χ4n) is 0.731. The first-order valence-corrected chi connectivity index (χ1v) is 3.10. The van der Waals surface area contributed by atoms with Gasteiger partial charge >= 0.3 is 23.1 Å². The van der Waals surface area contributed by atoms with Crippen molar-refractivity contribution >= 4 is 28.7 Å². The minimum atomic E-state index is 0. The Kier molecular flexibility index (Phi) is 9.03. The van der Waals surface area contributed by atoms with Gasteiger partial charge in [0, 0.05) is 0 Å². The molecule has 0 aromatic heterocycles. The van der Waals surface area contributed by atoms with E-state index in [9.17, 15) is 0 Å². The third-order valence-corrected chi connectivity index (χ3v) is 1.33. The quantitative estimate of drug-likeness (QED) is 0.553. The predicted octanol–water partition coefficient (Wildman–Crippen LogP) is -1.05. The zero-order chi connectivity index (χ0) is 7.40. The molecule has 0 aliphatic carbocycles. The molecule has 0 radical (unpaired) electrons. The second-order valence-corrected chi connectivity index (χ2v) is 1.92. The average molecular weight is 196 g/mol. The van der Waals surface area contributed by atoms with Crippen LogP contribution in [0.2, 0.25) is 0 Å². The van der Waals surface area contributed by atoms with Crippen LogP contribution >= 0.6 is 0 Å². The van der Waals surface area contributed by atoms with Crippen molar-refractivity contribution in [1.29, 1.82) is 0 Å². The van der Waals surface area contributed by atoms with Crippen LogP contribution < -0.4 is 17.1 Å². The summed E-state index contributed by atoms with van der Waals surface area (Å²) >= 11 is 0. The van der Waals surface area contributed by atoms with E-state index in [-0.39, 0.29) is 35.5 Å². The molecule has 0 unspecified atom stereocenters. The molecule has 0 bridgehead atoms. The van der Waals surface area contributed by atoms with Crippen LogP contribution in [0.4, 0.5) is 5.69 Å². The molecule has 0 atom stereocenters. The van der Waals surface area contributed by atoms with Gasteiger partial charge in [0.25, 0.3) is 0 Å². The normalized spacial score (nSPS) is 7.50. The maximum atomic E-state index is 4.97. The Morgan fingerprint density at radius 1 is 1.17 bits per heavy atom. The van der Waals surface area contributed by atoms with Gasteiger partial charge in [-0.25, -0.2) is 0 Å². The van der Waals surface area contributed by atoms with Gasteiger partial charge in [-0.3, -0.25) is 0 Å². The molecule has 0 aliphatic rings. The van der Waals surface area contributed by atoms with E-state index in [0.29, 0.717) is 0 Å². The number of hydrogen-bond donors (Lipinski definition) is 0. The summed E-state index contributed by atoms with van der Waals surface area (Å²) in [4.78, 5) is 0. The zero-order valence-electron chi connectivity index (χ0n) is 7.25. The van der Waals surface area contributed by atoms with Crippen LogP contribution in [-0.4, -0.2) is 37.2 Å². The summed E-state index contributed by atoms with van der Waals surface area (Å²) in [6, 6.07) is 7.61. The van der Waals surface area contributed by atoms with E-state index in [1.165, 1.54) is 0 Å². The van der Waals surface area contributed by atoms with Gasteiger partial charge in [-0.1, -0.05) is 12.1 Å². The van der Waals surface area contributed by atoms with E-state index in [2.05, 4.69) is 5.32 Å². The Morgan fingerprint density at radius 3 is 2.00 bits per heavy atom. The van der Waals surface area contributed by atoms with Gasteiger partial charge in [-0.15, -0.1) is 12.7 Å². The maximum Gasteiger partial charge on any atom is 2.00 e. The molecule has 1 aromatic rings. The molecule has 12 heavy (non-hydrogen) atoms. The minimum Gasteiger partial charge on any atom is -1.00 e. The molecule has 2 nitrogen and oxygen atoms in total. The summed E-state index contributed by atoms with van der Waals surface area (Å²) in [6.45, 7) is 0. The van der Waals surface area contributed by atoms with Crippen molar-refractivity contribution < 1.29 is 17.1 Å². The first kappa shape index (κ1) is 14.4. The van der Waals surface area contributed by atoms with Crippen molar-refractivity contribution in [1.82, 2.24) is 0 Å². The molecule has 0 fully saturated rings. The second kappa shape index (κ2) is 7.52. The Morgan fingerprint density at radius 2 is 1.67 bits per heavy atom. The average Bonchev–Trinajstić information content (AvgIpc) is 2.05. The van der Waals surface area contributed by atoms with E-state index < -0.39 is 0 Å². The van der Waals surface area contributed by atoms with E-state index >= 15 is 0 Å². The number of hydrogen-bond acceptors (Lipinski definition) is 1. The predicted molar refractivity (Wildman–Crippen MR) is 47.7 cm³/mol. The van der Waals surface area contributed by atoms with Gasteiger partial charge in [0.15, 0.2) is 0 Å². The monoisotopic (exact) mass is 195 g/mol. The molecule has 0 spiro atoms. The van der Waals surface area contributed by atoms with Crippen molar-refractivity contribution in [3.63, 3.8) is 0 Å². The maximum absolute atomic E-state index is 4.97. The molecule has 0 N–H and O–H groups in total. The molecular weight excluding hydrogens is 186 g/mol. The van der Waals surface area contributed by atoms with E-state index in [0.717, 1.165) is 11.4 Å². The van der Waals surface area contributed by atoms with E-state index in [4.69, 9.17) is 4.74 Å². The zero-order valence-corrected chi connectivity index (χ0v) is 9.42. The van der Waals surface area contributed by atoms with Crippen molar-refractivity contribution in [2.75, 3.05) is 14.2 Å². The number of methoxy groups -OCH3 is 1. The Hall–Kier alpha value is -0.124. The van der Waals surface area contributed by atoms with Gasteiger partial charge < -0.3 is 22.5 Å². The molecule has 4 heteroatoms. The molecule has 0 amide bonds. The summed E-state index contributed by atoms with van der Waals surface area (Å²) in [5, 5.41) is 3.99. The molecule has 0 aliphatic heterocycles. The van der Waals surface area contributed by atoms with Crippen LogP contribution in [-0.2, 0) is 0 Å². The summed E-state index contributed by atoms with van der Waals surface area (Å²) in [5.41, 5.74) is 0.973. The number of ether oxygens (including phenoxy) is 1. The topological polar surface area (TPSA) is 23.3 Å². The number of rotatable bonds is 2. The van der Waals surface area contributed by atoms with E-state index in [1.54, 1.807) is 14.2 Å². The van der Waals surface area contributed by atoms with Gasteiger partial charge in [-0.2, -0.15) is 0 Å². The van der Waals surface area contributed by atoms with Crippen molar-refractivity contribution in [2.24, 2.45) is 0 Å². The Balaban J connectivity index is 0. The first-order chi connectivity index (χ1) is 4.86. The van der Waals surface area contributed by atoms with Crippen molar-refractivity contribution in [2.45, 2.75) is 0 Å². The third kappa shape index (κ3) is 4.04. The van der Waals surface area contributed by atoms with Crippen LogP contribution in [0.3, 0.4) is 0 Å². The Labute approximate surface area is 95.2 Å². The van der Waals surface area contributed by atoms with Crippen molar-refractivity contribution in [3.05, 3.63) is 29.6 Å². The standard InChI is InChI=1S/C8H10NO.ClH.Mg/c1-9-7-3-5-8(10-2)6-4-7;;/h3-6H,1-2H3;1H;/q-1;;+2/p-1. The van der Waals surface area contributed by atoms with Crippen LogP contribution in [0.25, 0.3) is 5.32 Å². The van der Waals surface area contributed by atoms with Gasteiger partial charge in [0.2, 0.25) is 0 Å². The summed E-state index contributed by atoms with van der Waals surface area (Å²) in [7, 11) is 3.42. The van der Waals surface area contributed by atoms with Gasteiger partial charge in [-0.05, 0) is 12.1 Å². The number of halogens is 1. The molecule has 0 saturated heterocycles. The molecule has 1 rings (SSSR count). The molecule has 1 aromatic carbocycles. The number of benzene rings is 1. The van der Waals surface area contributed by atoms with Crippen LogP contribution in [0.15, 0.2) is 24.3 Å². The van der Waals surface area contributed by atoms with Crippen LogP contribution in [0, 0.1) is 0 Å². The van der Waals surface area contributed by atoms with Crippen LogP contribution in [0.5, 0.6) is 5.75 Å². The first-order valence-electron chi connectivity index (χ1n) is 3.10. The third-order valence-electron chi connectivity index (χ3n) is 1.33. The molecule has 0 saturated carbocycles. The minimum absolute atomic E-state index is 0. The second-order valence-electron chi connectivity index (χ2n) is 1.92. The Bertz CT molecular complexity index is 180. The molecular formula is C8H10ClMgNO. The summed E-state index contributed by atoms with van der Waals surface area (Å²) < 4.78 is 4.97. The summed E-state index contributed by atoms with van der Waals surface area (Å²) in [6.07, 6.45) is 0. The van der Waals surface area contributed by atoms with Crippen molar-refractivity contribution in [3.8, 4) is 5.75 Å². The van der Waals surface area contributed by atoms with E-state index in [1.807, 2.05) is 24.3 Å². The molecule has 62 valence electrons. The number of nitrogens with zero attached hydrogens (tertiary/aromatic N) is 1. The van der Waals surface area contributed by atoms with Crippen LogP contribution in [0.1, 0.15) is 0 Å². The van der Waals surface area contributed by atoms with Gasteiger partial charge in [0.1, 0.15) is 5.75 Å². The fraction of sp³-hybridized carbons (Fsp3) is 0.250. The summed E-state index contributed by atoms with van der Waals surface area (Å²) in [5.74, 6) is 0.868. The fourth-order valence-corrected chi connectivity index (χ4v) is 0.731. The van der Waals surface area contributed by atoms with Gasteiger partial charge in [0.05, 0.1) is 7.11 Å². The smallest absolute Gasteiger partial charge is 1.00 e. The SMILES string of the molecule is C[N-]c1ccc(OC)cc1.[Cl-].[Mg+2].